The van der Waals surface area contributed by atoms with Gasteiger partial charge in [-0.3, -0.25) is 0 Å². The van der Waals surface area contributed by atoms with Crippen molar-refractivity contribution in [2.45, 2.75) is 6.42 Å². The molecule has 2 aromatic rings. The fourth-order valence-electron chi connectivity index (χ4n) is 2.03. The van der Waals surface area contributed by atoms with E-state index in [1.54, 1.807) is 0 Å². The third-order valence-corrected chi connectivity index (χ3v) is 3.65. The van der Waals surface area contributed by atoms with Gasteiger partial charge in [0.15, 0.2) is 0 Å². The molecule has 0 bridgehead atoms. The molecule has 116 valence electrons. The molecule has 5 heteroatoms. The average Bonchev–Trinajstić information content (AvgIpc) is 2.50. The van der Waals surface area contributed by atoms with Crippen molar-refractivity contribution in [3.8, 4) is 0 Å². The molecule has 0 unspecified atom stereocenters. The van der Waals surface area contributed by atoms with Crippen LogP contribution in [0, 0.1) is 0 Å². The number of benzene rings is 2. The zero-order chi connectivity index (χ0) is 15.9. The van der Waals surface area contributed by atoms with Crippen molar-refractivity contribution in [1.82, 2.24) is 5.32 Å². The van der Waals surface area contributed by atoms with Gasteiger partial charge in [0, 0.05) is 37.0 Å². The third-order valence-electron chi connectivity index (χ3n) is 3.28. The molecule has 0 aromatic heterocycles. The normalized spacial score (nSPS) is 10.1. The highest BCUT2D eigenvalue weighted by Crippen LogP contribution is 2.16. The van der Waals surface area contributed by atoms with Gasteiger partial charge in [0.1, 0.15) is 0 Å². The fourth-order valence-corrected chi connectivity index (χ4v) is 2.26. The molecule has 0 saturated heterocycles. The Balaban J connectivity index is 1.79. The summed E-state index contributed by atoms with van der Waals surface area (Å²) in [4.78, 5) is 13.8. The molecule has 22 heavy (non-hydrogen) atoms. The van der Waals surface area contributed by atoms with Crippen LogP contribution in [-0.2, 0) is 6.42 Å². The second-order valence-electron chi connectivity index (χ2n) is 5.16. The van der Waals surface area contributed by atoms with Crippen LogP contribution in [-0.4, -0.2) is 26.7 Å². The van der Waals surface area contributed by atoms with E-state index in [0.717, 1.165) is 22.0 Å². The molecular formula is C17H20ClN3O. The Morgan fingerprint density at radius 3 is 2.41 bits per heavy atom. The maximum atomic E-state index is 11.8. The number of nitrogens with zero attached hydrogens (tertiary/aromatic N) is 1. The van der Waals surface area contributed by atoms with Gasteiger partial charge in [-0.25, -0.2) is 4.79 Å². The Hall–Kier alpha value is -2.20. The van der Waals surface area contributed by atoms with Crippen molar-refractivity contribution in [2.75, 3.05) is 30.9 Å². The lowest BCUT2D eigenvalue weighted by molar-refractivity contribution is 0.252. The lowest BCUT2D eigenvalue weighted by Gasteiger charge is -2.13. The minimum absolute atomic E-state index is 0.218. The van der Waals surface area contributed by atoms with Gasteiger partial charge in [-0.15, -0.1) is 0 Å². The van der Waals surface area contributed by atoms with E-state index in [-0.39, 0.29) is 6.03 Å². The molecule has 0 heterocycles. The quantitative estimate of drug-likeness (QED) is 0.881. The number of carbonyl (C=O) groups is 1. The zero-order valence-electron chi connectivity index (χ0n) is 12.8. The summed E-state index contributed by atoms with van der Waals surface area (Å²) >= 11 is 6.08. The van der Waals surface area contributed by atoms with Gasteiger partial charge in [0.2, 0.25) is 0 Å². The molecule has 0 aliphatic carbocycles. The summed E-state index contributed by atoms with van der Waals surface area (Å²) in [5.74, 6) is 0. The summed E-state index contributed by atoms with van der Waals surface area (Å²) in [6, 6.07) is 15.1. The number of amides is 2. The van der Waals surface area contributed by atoms with E-state index >= 15 is 0 Å². The Morgan fingerprint density at radius 2 is 1.77 bits per heavy atom. The Kier molecular flexibility index (Phi) is 5.67. The van der Waals surface area contributed by atoms with E-state index in [0.29, 0.717) is 13.0 Å². The van der Waals surface area contributed by atoms with E-state index in [1.165, 1.54) is 0 Å². The maximum Gasteiger partial charge on any atom is 0.319 e. The summed E-state index contributed by atoms with van der Waals surface area (Å²) in [5, 5.41) is 6.36. The fraction of sp³-hybridized carbons (Fsp3) is 0.235. The van der Waals surface area contributed by atoms with Crippen LogP contribution in [0.5, 0.6) is 0 Å². The number of rotatable bonds is 5. The minimum Gasteiger partial charge on any atom is -0.378 e. The molecule has 2 aromatic carbocycles. The van der Waals surface area contributed by atoms with Gasteiger partial charge >= 0.3 is 6.03 Å². The summed E-state index contributed by atoms with van der Waals surface area (Å²) in [7, 11) is 3.95. The summed E-state index contributed by atoms with van der Waals surface area (Å²) in [5.41, 5.74) is 2.88. The number of hydrogen-bond acceptors (Lipinski definition) is 2. The van der Waals surface area contributed by atoms with Crippen LogP contribution in [0.15, 0.2) is 48.5 Å². The molecule has 0 radical (unpaired) electrons. The average molecular weight is 318 g/mol. The third kappa shape index (κ3) is 4.67. The molecule has 0 fully saturated rings. The lowest BCUT2D eigenvalue weighted by Crippen LogP contribution is -2.30. The molecule has 2 rings (SSSR count). The predicted octanol–water partition coefficient (Wildman–Crippen LogP) is 3.77. The Labute approximate surface area is 136 Å². The number of nitrogens with one attached hydrogen (secondary N) is 2. The molecule has 2 amide bonds. The molecule has 0 spiro atoms. The number of hydrogen-bond donors (Lipinski definition) is 2. The Morgan fingerprint density at radius 1 is 1.09 bits per heavy atom. The van der Waals surface area contributed by atoms with E-state index in [4.69, 9.17) is 11.6 Å². The largest absolute Gasteiger partial charge is 0.378 e. The predicted molar refractivity (Wildman–Crippen MR) is 92.9 cm³/mol. The smallest absolute Gasteiger partial charge is 0.319 e. The first kappa shape index (κ1) is 16.2. The Bertz CT molecular complexity index is 626. The summed E-state index contributed by atoms with van der Waals surface area (Å²) in [6.07, 6.45) is 0.701. The van der Waals surface area contributed by atoms with E-state index in [2.05, 4.69) is 10.6 Å². The van der Waals surface area contributed by atoms with Gasteiger partial charge < -0.3 is 15.5 Å². The molecule has 0 aliphatic heterocycles. The number of anilines is 2. The second-order valence-corrected chi connectivity index (χ2v) is 5.57. The first-order valence-corrected chi connectivity index (χ1v) is 7.49. The van der Waals surface area contributed by atoms with Gasteiger partial charge in [-0.1, -0.05) is 29.8 Å². The van der Waals surface area contributed by atoms with Crippen LogP contribution in [0.3, 0.4) is 0 Å². The van der Waals surface area contributed by atoms with Crippen molar-refractivity contribution < 1.29 is 4.79 Å². The first-order valence-electron chi connectivity index (χ1n) is 7.12. The van der Waals surface area contributed by atoms with Crippen LogP contribution in [0.1, 0.15) is 5.56 Å². The topological polar surface area (TPSA) is 44.4 Å². The van der Waals surface area contributed by atoms with Crippen molar-refractivity contribution in [3.05, 3.63) is 59.1 Å². The summed E-state index contributed by atoms with van der Waals surface area (Å²) in [6.45, 7) is 0.533. The van der Waals surface area contributed by atoms with E-state index in [1.807, 2.05) is 67.5 Å². The first-order chi connectivity index (χ1) is 10.6. The van der Waals surface area contributed by atoms with Gasteiger partial charge in [-0.05, 0) is 42.3 Å². The molecule has 2 N–H and O–H groups in total. The SMILES string of the molecule is CN(C)c1ccc(NC(=O)NCCc2ccccc2Cl)cc1. The van der Waals surface area contributed by atoms with E-state index < -0.39 is 0 Å². The van der Waals surface area contributed by atoms with Gasteiger partial charge in [-0.2, -0.15) is 0 Å². The van der Waals surface area contributed by atoms with Gasteiger partial charge in [0.05, 0.1) is 0 Å². The van der Waals surface area contributed by atoms with Crippen LogP contribution >= 0.6 is 11.6 Å². The van der Waals surface area contributed by atoms with Crippen LogP contribution < -0.4 is 15.5 Å². The van der Waals surface area contributed by atoms with E-state index in [9.17, 15) is 4.79 Å². The van der Waals surface area contributed by atoms with Crippen molar-refractivity contribution in [3.63, 3.8) is 0 Å². The monoisotopic (exact) mass is 317 g/mol. The molecule has 4 nitrogen and oxygen atoms in total. The number of carbonyl (C=O) groups excluding carboxylic acids is 1. The van der Waals surface area contributed by atoms with Crippen LogP contribution in [0.2, 0.25) is 5.02 Å². The number of urea groups is 1. The zero-order valence-corrected chi connectivity index (χ0v) is 13.5. The maximum absolute atomic E-state index is 11.8. The van der Waals surface area contributed by atoms with Crippen molar-refractivity contribution in [1.29, 1.82) is 0 Å². The van der Waals surface area contributed by atoms with Crippen molar-refractivity contribution in [2.24, 2.45) is 0 Å². The molecule has 0 saturated carbocycles. The summed E-state index contributed by atoms with van der Waals surface area (Å²) < 4.78 is 0. The minimum atomic E-state index is -0.218. The highest BCUT2D eigenvalue weighted by molar-refractivity contribution is 6.31. The molecule has 0 atom stereocenters. The highest BCUT2D eigenvalue weighted by atomic mass is 35.5. The van der Waals surface area contributed by atoms with Gasteiger partial charge in [0.25, 0.3) is 0 Å². The standard InChI is InChI=1S/C17H20ClN3O/c1-21(2)15-9-7-14(8-10-15)20-17(22)19-12-11-13-5-3-4-6-16(13)18/h3-10H,11-12H2,1-2H3,(H2,19,20,22). The lowest BCUT2D eigenvalue weighted by atomic mass is 10.1. The van der Waals surface area contributed by atoms with Crippen LogP contribution in [0.25, 0.3) is 0 Å². The van der Waals surface area contributed by atoms with Crippen molar-refractivity contribution >= 4 is 29.0 Å². The van der Waals surface area contributed by atoms with Crippen LogP contribution in [0.4, 0.5) is 16.2 Å². The number of halogens is 1. The molecular weight excluding hydrogens is 298 g/mol. The molecule has 0 aliphatic rings. The highest BCUT2D eigenvalue weighted by Gasteiger charge is 2.03. The second kappa shape index (κ2) is 7.71.